The highest BCUT2D eigenvalue weighted by Gasteiger charge is 2.38. The molecule has 0 spiro atoms. The third-order valence-corrected chi connectivity index (χ3v) is 3.21. The van der Waals surface area contributed by atoms with Gasteiger partial charge in [0.15, 0.2) is 0 Å². The average molecular weight is 304 g/mol. The van der Waals surface area contributed by atoms with Gasteiger partial charge in [-0.2, -0.15) is 13.2 Å². The SMILES string of the molecule is CC(CO)C(C)NCc1cccc(NC(=O)C(F)(F)F)c1. The number of aliphatic hydroxyl groups excluding tert-OH is 1. The number of rotatable bonds is 6. The van der Waals surface area contributed by atoms with E-state index in [2.05, 4.69) is 5.32 Å². The summed E-state index contributed by atoms with van der Waals surface area (Å²) in [5, 5.41) is 14.0. The summed E-state index contributed by atoms with van der Waals surface area (Å²) < 4.78 is 36.5. The third kappa shape index (κ3) is 5.73. The molecule has 1 rings (SSSR count). The van der Waals surface area contributed by atoms with Crippen molar-refractivity contribution in [3.63, 3.8) is 0 Å². The fourth-order valence-corrected chi connectivity index (χ4v) is 1.60. The van der Waals surface area contributed by atoms with Crippen LogP contribution in [0.4, 0.5) is 18.9 Å². The van der Waals surface area contributed by atoms with E-state index in [9.17, 15) is 18.0 Å². The number of nitrogens with one attached hydrogen (secondary N) is 2. The summed E-state index contributed by atoms with van der Waals surface area (Å²) in [7, 11) is 0. The van der Waals surface area contributed by atoms with Gasteiger partial charge in [0, 0.05) is 24.9 Å². The summed E-state index contributed by atoms with van der Waals surface area (Å²) in [6.45, 7) is 4.28. The van der Waals surface area contributed by atoms with Gasteiger partial charge in [0.2, 0.25) is 0 Å². The van der Waals surface area contributed by atoms with Crippen LogP contribution in [0.15, 0.2) is 24.3 Å². The second-order valence-corrected chi connectivity index (χ2v) is 4.98. The second kappa shape index (κ2) is 7.42. The van der Waals surface area contributed by atoms with Gasteiger partial charge < -0.3 is 15.7 Å². The predicted molar refractivity (Wildman–Crippen MR) is 73.7 cm³/mol. The zero-order valence-corrected chi connectivity index (χ0v) is 11.9. The van der Waals surface area contributed by atoms with Crippen LogP contribution in [0.3, 0.4) is 0 Å². The van der Waals surface area contributed by atoms with Crippen LogP contribution >= 0.6 is 0 Å². The monoisotopic (exact) mass is 304 g/mol. The molecule has 0 heterocycles. The van der Waals surface area contributed by atoms with Gasteiger partial charge in [-0.05, 0) is 30.5 Å². The van der Waals surface area contributed by atoms with E-state index in [4.69, 9.17) is 5.11 Å². The van der Waals surface area contributed by atoms with Gasteiger partial charge in [-0.25, -0.2) is 0 Å². The van der Waals surface area contributed by atoms with Crippen molar-refractivity contribution in [3.05, 3.63) is 29.8 Å². The lowest BCUT2D eigenvalue weighted by atomic mass is 10.0. The molecule has 0 saturated carbocycles. The highest BCUT2D eigenvalue weighted by molar-refractivity contribution is 5.94. The Hall–Kier alpha value is -1.60. The molecule has 2 unspecified atom stereocenters. The number of halogens is 3. The van der Waals surface area contributed by atoms with E-state index in [0.717, 1.165) is 5.56 Å². The number of hydrogen-bond acceptors (Lipinski definition) is 3. The predicted octanol–water partition coefficient (Wildman–Crippen LogP) is 2.29. The highest BCUT2D eigenvalue weighted by Crippen LogP contribution is 2.19. The van der Waals surface area contributed by atoms with Crippen LogP contribution in [-0.2, 0) is 11.3 Å². The van der Waals surface area contributed by atoms with Gasteiger partial charge in [0.25, 0.3) is 0 Å². The first-order valence-corrected chi connectivity index (χ1v) is 6.55. The summed E-state index contributed by atoms with van der Waals surface area (Å²) in [5.41, 5.74) is 0.839. The van der Waals surface area contributed by atoms with Crippen molar-refractivity contribution >= 4 is 11.6 Å². The number of carbonyl (C=O) groups is 1. The van der Waals surface area contributed by atoms with Crippen LogP contribution in [-0.4, -0.2) is 29.8 Å². The Balaban J connectivity index is 2.63. The fraction of sp³-hybridized carbons (Fsp3) is 0.500. The lowest BCUT2D eigenvalue weighted by Crippen LogP contribution is -2.33. The van der Waals surface area contributed by atoms with Gasteiger partial charge in [0.05, 0.1) is 0 Å². The van der Waals surface area contributed by atoms with E-state index >= 15 is 0 Å². The minimum absolute atomic E-state index is 0.0514. The van der Waals surface area contributed by atoms with Gasteiger partial charge in [-0.3, -0.25) is 4.79 Å². The Morgan fingerprint density at radius 2 is 2.00 bits per heavy atom. The molecule has 0 aliphatic rings. The minimum Gasteiger partial charge on any atom is -0.396 e. The first-order valence-electron chi connectivity index (χ1n) is 6.55. The van der Waals surface area contributed by atoms with Crippen LogP contribution in [0.1, 0.15) is 19.4 Å². The fourth-order valence-electron chi connectivity index (χ4n) is 1.60. The maximum atomic E-state index is 12.2. The number of alkyl halides is 3. The van der Waals surface area contributed by atoms with Crippen molar-refractivity contribution < 1.29 is 23.1 Å². The molecule has 0 aliphatic heterocycles. The van der Waals surface area contributed by atoms with Crippen molar-refractivity contribution in [1.29, 1.82) is 0 Å². The molecule has 7 heteroatoms. The summed E-state index contributed by atoms with van der Waals surface area (Å²) in [6, 6.07) is 6.25. The Morgan fingerprint density at radius 1 is 1.33 bits per heavy atom. The van der Waals surface area contributed by atoms with Crippen LogP contribution < -0.4 is 10.6 Å². The zero-order valence-electron chi connectivity index (χ0n) is 11.9. The Labute approximate surface area is 121 Å². The second-order valence-electron chi connectivity index (χ2n) is 4.98. The summed E-state index contributed by atoms with van der Waals surface area (Å²) in [6.07, 6.45) is -4.90. The largest absolute Gasteiger partial charge is 0.471 e. The first kappa shape index (κ1) is 17.5. The summed E-state index contributed by atoms with van der Waals surface area (Å²) in [5.74, 6) is -1.92. The first-order chi connectivity index (χ1) is 9.74. The summed E-state index contributed by atoms with van der Waals surface area (Å²) in [4.78, 5) is 10.9. The molecular weight excluding hydrogens is 285 g/mol. The van der Waals surface area contributed by atoms with Crippen LogP contribution in [0.2, 0.25) is 0 Å². The molecule has 2 atom stereocenters. The maximum absolute atomic E-state index is 12.2. The number of carbonyl (C=O) groups excluding carboxylic acids is 1. The van der Waals surface area contributed by atoms with Crippen molar-refractivity contribution in [2.75, 3.05) is 11.9 Å². The lowest BCUT2D eigenvalue weighted by molar-refractivity contribution is -0.167. The highest BCUT2D eigenvalue weighted by atomic mass is 19.4. The van der Waals surface area contributed by atoms with Crippen LogP contribution in [0, 0.1) is 5.92 Å². The van der Waals surface area contributed by atoms with E-state index < -0.39 is 12.1 Å². The molecular formula is C14H19F3N2O2. The van der Waals surface area contributed by atoms with E-state index in [1.165, 1.54) is 12.1 Å². The standard InChI is InChI=1S/C14H19F3N2O2/c1-9(8-20)10(2)18-7-11-4-3-5-12(6-11)19-13(21)14(15,16)17/h3-6,9-10,18,20H,7-8H2,1-2H3,(H,19,21). The lowest BCUT2D eigenvalue weighted by Gasteiger charge is -2.19. The van der Waals surface area contributed by atoms with Gasteiger partial charge in [-0.1, -0.05) is 19.1 Å². The molecule has 0 saturated heterocycles. The normalized spacial score (nSPS) is 14.6. The molecule has 0 aromatic heterocycles. The van der Waals surface area contributed by atoms with E-state index in [0.29, 0.717) is 6.54 Å². The Kier molecular flexibility index (Phi) is 6.17. The Bertz CT molecular complexity index is 478. The molecule has 1 aromatic rings. The zero-order chi connectivity index (χ0) is 16.0. The summed E-state index contributed by atoms with van der Waals surface area (Å²) >= 11 is 0. The molecule has 1 aromatic carbocycles. The molecule has 3 N–H and O–H groups in total. The molecule has 0 radical (unpaired) electrons. The Morgan fingerprint density at radius 3 is 2.57 bits per heavy atom. The van der Waals surface area contributed by atoms with E-state index in [1.54, 1.807) is 12.1 Å². The quantitative estimate of drug-likeness (QED) is 0.756. The van der Waals surface area contributed by atoms with Crippen molar-refractivity contribution in [3.8, 4) is 0 Å². The molecule has 21 heavy (non-hydrogen) atoms. The van der Waals surface area contributed by atoms with Crippen molar-refractivity contribution in [1.82, 2.24) is 5.32 Å². The van der Waals surface area contributed by atoms with Gasteiger partial charge in [0.1, 0.15) is 0 Å². The molecule has 1 amide bonds. The maximum Gasteiger partial charge on any atom is 0.471 e. The number of amides is 1. The van der Waals surface area contributed by atoms with Crippen LogP contribution in [0.5, 0.6) is 0 Å². The smallest absolute Gasteiger partial charge is 0.396 e. The molecule has 0 aliphatic carbocycles. The van der Waals surface area contributed by atoms with Gasteiger partial charge in [-0.15, -0.1) is 0 Å². The number of benzene rings is 1. The number of anilines is 1. The van der Waals surface area contributed by atoms with Crippen LogP contribution in [0.25, 0.3) is 0 Å². The van der Waals surface area contributed by atoms with E-state index in [1.807, 2.05) is 19.2 Å². The number of hydrogen-bond donors (Lipinski definition) is 3. The van der Waals surface area contributed by atoms with Crippen molar-refractivity contribution in [2.45, 2.75) is 32.6 Å². The molecule has 0 fully saturated rings. The third-order valence-electron chi connectivity index (χ3n) is 3.21. The van der Waals surface area contributed by atoms with Gasteiger partial charge >= 0.3 is 12.1 Å². The molecule has 0 bridgehead atoms. The van der Waals surface area contributed by atoms with E-state index in [-0.39, 0.29) is 24.3 Å². The molecule has 118 valence electrons. The molecule has 4 nitrogen and oxygen atoms in total. The van der Waals surface area contributed by atoms with Crippen molar-refractivity contribution in [2.24, 2.45) is 5.92 Å². The minimum atomic E-state index is -4.90. The topological polar surface area (TPSA) is 61.4 Å². The number of aliphatic hydroxyl groups is 1. The average Bonchev–Trinajstić information content (AvgIpc) is 2.43.